The van der Waals surface area contributed by atoms with Crippen molar-refractivity contribution in [1.29, 1.82) is 0 Å². The smallest absolute Gasteiger partial charge is 0.149 e. The van der Waals surface area contributed by atoms with Crippen LogP contribution in [0.5, 0.6) is 0 Å². The van der Waals surface area contributed by atoms with Gasteiger partial charge in [-0.05, 0) is 12.1 Å². The second kappa shape index (κ2) is 2.68. The summed E-state index contributed by atoms with van der Waals surface area (Å²) in [5.41, 5.74) is 0. The number of nitrogens with one attached hydrogen (secondary N) is 1. The third-order valence-electron chi connectivity index (χ3n) is 2.11. The van der Waals surface area contributed by atoms with Gasteiger partial charge in [-0.3, -0.25) is 0 Å². The summed E-state index contributed by atoms with van der Waals surface area (Å²) in [5.74, 6) is 0. The highest BCUT2D eigenvalue weighted by molar-refractivity contribution is 5.38. The van der Waals surface area contributed by atoms with Crippen molar-refractivity contribution < 1.29 is 4.74 Å². The number of aromatic amines is 1. The van der Waals surface area contributed by atoms with Crippen molar-refractivity contribution in [1.82, 2.24) is 9.88 Å². The van der Waals surface area contributed by atoms with Gasteiger partial charge in [0.15, 0.2) is 0 Å². The van der Waals surface area contributed by atoms with Crippen molar-refractivity contribution in [3.63, 3.8) is 0 Å². The van der Waals surface area contributed by atoms with Crippen LogP contribution in [0.1, 0.15) is 0 Å². The number of ether oxygens (including phenoxy) is 1. The average Bonchev–Trinajstić information content (AvgIpc) is 2.49. The van der Waals surface area contributed by atoms with Crippen molar-refractivity contribution in [3.8, 4) is 0 Å². The molecule has 0 aromatic carbocycles. The molecule has 0 amide bonds. The van der Waals surface area contributed by atoms with Gasteiger partial charge in [-0.25, -0.2) is 0 Å². The van der Waals surface area contributed by atoms with Crippen LogP contribution in [0, 0.1) is 0 Å². The van der Waals surface area contributed by atoms with Crippen LogP contribution in [0.15, 0.2) is 12.3 Å². The maximum absolute atomic E-state index is 5.25. The summed E-state index contributed by atoms with van der Waals surface area (Å²) in [7, 11) is 3.71. The fourth-order valence-corrected chi connectivity index (χ4v) is 1.43. The lowest BCUT2D eigenvalue weighted by Crippen LogP contribution is -2.39. The Morgan fingerprint density at radius 3 is 3.17 bits per heavy atom. The molecule has 3 nitrogen and oxygen atoms in total. The van der Waals surface area contributed by atoms with E-state index in [1.54, 1.807) is 7.11 Å². The molecule has 2 rings (SSSR count). The van der Waals surface area contributed by atoms with Crippen LogP contribution in [0.25, 0.3) is 12.3 Å². The van der Waals surface area contributed by atoms with E-state index in [1.807, 2.05) is 30.4 Å². The Bertz CT molecular complexity index is 379. The molecule has 0 radical (unpaired) electrons. The van der Waals surface area contributed by atoms with E-state index < -0.39 is 0 Å². The zero-order chi connectivity index (χ0) is 8.55. The second-order valence-corrected chi connectivity index (χ2v) is 2.93. The monoisotopic (exact) mass is 164 g/mol. The molecule has 0 saturated heterocycles. The predicted molar refractivity (Wildman–Crippen MR) is 47.5 cm³/mol. The van der Waals surface area contributed by atoms with Crippen molar-refractivity contribution in [2.75, 3.05) is 14.2 Å². The lowest BCUT2D eigenvalue weighted by atomic mass is 10.3. The summed E-state index contributed by atoms with van der Waals surface area (Å²) in [5, 5.41) is 2.35. The van der Waals surface area contributed by atoms with Crippen LogP contribution in [0.4, 0.5) is 0 Å². The largest absolute Gasteiger partial charge is 0.360 e. The van der Waals surface area contributed by atoms with Gasteiger partial charge in [-0.1, -0.05) is 0 Å². The Morgan fingerprint density at radius 1 is 1.58 bits per heavy atom. The minimum absolute atomic E-state index is 0.0632. The van der Waals surface area contributed by atoms with E-state index in [1.165, 1.54) is 5.22 Å². The predicted octanol–water partition coefficient (Wildman–Crippen LogP) is -0.549. The summed E-state index contributed by atoms with van der Waals surface area (Å²) >= 11 is 0. The highest BCUT2D eigenvalue weighted by Gasteiger charge is 2.10. The molecular formula is C9H12N2O. The van der Waals surface area contributed by atoms with Gasteiger partial charge >= 0.3 is 0 Å². The van der Waals surface area contributed by atoms with Gasteiger partial charge in [0.25, 0.3) is 0 Å². The zero-order valence-electron chi connectivity index (χ0n) is 7.24. The number of methoxy groups -OCH3 is 1. The number of rotatable bonds is 1. The number of H-pyrrole nitrogens is 1. The SMILES string of the molecule is COC1C=c2cc[nH]c2=CN1C. The molecule has 3 heteroatoms. The van der Waals surface area contributed by atoms with Gasteiger partial charge in [0.1, 0.15) is 6.23 Å². The maximum Gasteiger partial charge on any atom is 0.149 e. The second-order valence-electron chi connectivity index (χ2n) is 2.93. The zero-order valence-corrected chi connectivity index (χ0v) is 7.24. The fraction of sp³-hybridized carbons (Fsp3) is 0.333. The molecule has 1 N–H and O–H groups in total. The van der Waals surface area contributed by atoms with E-state index >= 15 is 0 Å². The third kappa shape index (κ3) is 1.02. The van der Waals surface area contributed by atoms with Crippen molar-refractivity contribution in [2.45, 2.75) is 6.23 Å². The molecule has 0 bridgehead atoms. The summed E-state index contributed by atoms with van der Waals surface area (Å²) < 4.78 is 5.25. The van der Waals surface area contributed by atoms with Gasteiger partial charge < -0.3 is 14.6 Å². The lowest BCUT2D eigenvalue weighted by Gasteiger charge is -2.24. The fourth-order valence-electron chi connectivity index (χ4n) is 1.43. The van der Waals surface area contributed by atoms with Gasteiger partial charge in [0.05, 0.1) is 5.35 Å². The van der Waals surface area contributed by atoms with Crippen LogP contribution in [-0.4, -0.2) is 30.3 Å². The molecule has 1 atom stereocenters. The molecule has 1 aliphatic rings. The van der Waals surface area contributed by atoms with Crippen molar-refractivity contribution in [3.05, 3.63) is 22.8 Å². The van der Waals surface area contributed by atoms with Crippen molar-refractivity contribution in [2.24, 2.45) is 0 Å². The highest BCUT2D eigenvalue weighted by atomic mass is 16.5. The maximum atomic E-state index is 5.25. The number of fused-ring (bicyclic) bond motifs is 1. The van der Waals surface area contributed by atoms with E-state index in [4.69, 9.17) is 4.74 Å². The number of hydrogen-bond donors (Lipinski definition) is 1. The summed E-state index contributed by atoms with van der Waals surface area (Å²) in [4.78, 5) is 5.18. The van der Waals surface area contributed by atoms with Crippen LogP contribution in [0.3, 0.4) is 0 Å². The van der Waals surface area contributed by atoms with Crippen LogP contribution in [-0.2, 0) is 4.74 Å². The van der Waals surface area contributed by atoms with Crippen molar-refractivity contribution >= 4 is 12.3 Å². The standard InChI is InChI=1S/C9H12N2O/c1-11-6-8-7(3-4-10-8)5-9(11)12-2/h3-6,9-10H,1-2H3. The normalized spacial score (nSPS) is 21.2. The Kier molecular flexibility index (Phi) is 1.66. The molecule has 0 saturated carbocycles. The first-order chi connectivity index (χ1) is 5.81. The van der Waals surface area contributed by atoms with Crippen LogP contribution < -0.4 is 10.6 Å². The Labute approximate surface area is 71.0 Å². The first-order valence-corrected chi connectivity index (χ1v) is 3.93. The number of hydrogen-bond acceptors (Lipinski definition) is 2. The topological polar surface area (TPSA) is 28.3 Å². The molecule has 1 unspecified atom stereocenters. The minimum atomic E-state index is 0.0632. The van der Waals surface area contributed by atoms with Crippen LogP contribution >= 0.6 is 0 Å². The van der Waals surface area contributed by atoms with Gasteiger partial charge in [0.2, 0.25) is 0 Å². The molecule has 1 aromatic rings. The van der Waals surface area contributed by atoms with E-state index in [0.717, 1.165) is 5.35 Å². The summed E-state index contributed by atoms with van der Waals surface area (Å²) in [6, 6.07) is 2.05. The highest BCUT2D eigenvalue weighted by Crippen LogP contribution is 2.00. The van der Waals surface area contributed by atoms with E-state index in [0.29, 0.717) is 0 Å². The number of nitrogens with zero attached hydrogens (tertiary/aromatic N) is 1. The van der Waals surface area contributed by atoms with Gasteiger partial charge in [0, 0.05) is 31.8 Å². The first-order valence-electron chi connectivity index (χ1n) is 3.93. The molecule has 0 aliphatic carbocycles. The Morgan fingerprint density at radius 2 is 2.42 bits per heavy atom. The quantitative estimate of drug-likeness (QED) is 0.603. The molecule has 0 spiro atoms. The number of aromatic nitrogens is 1. The molecule has 1 aromatic heterocycles. The minimum Gasteiger partial charge on any atom is -0.360 e. The molecule has 12 heavy (non-hydrogen) atoms. The molecule has 64 valence electrons. The van der Waals surface area contributed by atoms with E-state index in [2.05, 4.69) is 11.1 Å². The molecular weight excluding hydrogens is 152 g/mol. The average molecular weight is 164 g/mol. The van der Waals surface area contributed by atoms with Gasteiger partial charge in [-0.2, -0.15) is 0 Å². The summed E-state index contributed by atoms with van der Waals surface area (Å²) in [6.07, 6.45) is 6.13. The Balaban J connectivity index is 2.55. The molecule has 0 fully saturated rings. The van der Waals surface area contributed by atoms with Crippen LogP contribution in [0.2, 0.25) is 0 Å². The lowest BCUT2D eigenvalue weighted by molar-refractivity contribution is 0.0666. The Hall–Kier alpha value is -1.22. The molecule has 1 aliphatic heterocycles. The van der Waals surface area contributed by atoms with E-state index in [9.17, 15) is 0 Å². The third-order valence-corrected chi connectivity index (χ3v) is 2.11. The first kappa shape index (κ1) is 7.43. The van der Waals surface area contributed by atoms with Gasteiger partial charge in [-0.15, -0.1) is 0 Å². The van der Waals surface area contributed by atoms with E-state index in [-0.39, 0.29) is 6.23 Å². The molecule has 2 heterocycles. The summed E-state index contributed by atoms with van der Waals surface area (Å²) in [6.45, 7) is 0.